The summed E-state index contributed by atoms with van der Waals surface area (Å²) in [5.41, 5.74) is 2.24. The van der Waals surface area contributed by atoms with Gasteiger partial charge in [0, 0.05) is 19.3 Å². The van der Waals surface area contributed by atoms with Crippen molar-refractivity contribution in [2.24, 2.45) is 0 Å². The van der Waals surface area contributed by atoms with Gasteiger partial charge in [0.15, 0.2) is 0 Å². The largest absolute Gasteiger partial charge is 0.321 e. The summed E-state index contributed by atoms with van der Waals surface area (Å²) in [6.07, 6.45) is 6.89. The molecule has 0 atom stereocenters. The van der Waals surface area contributed by atoms with Crippen molar-refractivity contribution in [2.45, 2.75) is 6.92 Å². The van der Waals surface area contributed by atoms with E-state index < -0.39 is 0 Å². The van der Waals surface area contributed by atoms with Crippen LogP contribution >= 0.6 is 0 Å². The second-order valence-electron chi connectivity index (χ2n) is 4.18. The van der Waals surface area contributed by atoms with Crippen molar-refractivity contribution in [3.05, 3.63) is 66.9 Å². The number of urea groups is 1. The van der Waals surface area contributed by atoms with Gasteiger partial charge >= 0.3 is 6.03 Å². The Morgan fingerprint density at radius 3 is 2.58 bits per heavy atom. The van der Waals surface area contributed by atoms with Crippen LogP contribution in [0.1, 0.15) is 11.1 Å². The molecular weight excluding hydrogens is 236 g/mol. The smallest absolute Gasteiger partial charge is 0.317 e. The monoisotopic (exact) mass is 256 g/mol. The van der Waals surface area contributed by atoms with Crippen molar-refractivity contribution in [3.8, 4) is 0 Å². The van der Waals surface area contributed by atoms with Crippen molar-refractivity contribution in [1.82, 2.24) is 10.2 Å². The van der Waals surface area contributed by atoms with E-state index in [4.69, 9.17) is 0 Å². The van der Waals surface area contributed by atoms with Crippen LogP contribution in [0.3, 0.4) is 0 Å². The van der Waals surface area contributed by atoms with Crippen LogP contribution in [-0.4, -0.2) is 24.0 Å². The van der Waals surface area contributed by atoms with E-state index in [-0.39, 0.29) is 6.03 Å². The average Bonchev–Trinajstić information content (AvgIpc) is 2.38. The molecule has 0 aromatic heterocycles. The molecule has 1 aromatic rings. The Kier molecular flexibility index (Phi) is 6.16. The van der Waals surface area contributed by atoms with Crippen LogP contribution in [0.25, 0.3) is 6.08 Å². The van der Waals surface area contributed by atoms with Crippen molar-refractivity contribution >= 4 is 12.1 Å². The predicted molar refractivity (Wildman–Crippen MR) is 80.7 cm³/mol. The highest BCUT2D eigenvalue weighted by Gasteiger charge is 2.07. The molecule has 0 heterocycles. The Morgan fingerprint density at radius 2 is 2.00 bits per heavy atom. The minimum Gasteiger partial charge on any atom is -0.317 e. The van der Waals surface area contributed by atoms with Gasteiger partial charge in [0.25, 0.3) is 0 Å². The molecule has 3 heteroatoms. The molecule has 100 valence electrons. The molecule has 0 bridgehead atoms. The maximum atomic E-state index is 11.8. The first kappa shape index (κ1) is 14.8. The van der Waals surface area contributed by atoms with Gasteiger partial charge in [0.05, 0.1) is 0 Å². The summed E-state index contributed by atoms with van der Waals surface area (Å²) in [7, 11) is 0. The quantitative estimate of drug-likeness (QED) is 0.778. The normalized spacial score (nSPS) is 10.2. The van der Waals surface area contributed by atoms with E-state index in [9.17, 15) is 4.79 Å². The van der Waals surface area contributed by atoms with E-state index >= 15 is 0 Å². The van der Waals surface area contributed by atoms with Gasteiger partial charge in [0.1, 0.15) is 0 Å². The van der Waals surface area contributed by atoms with E-state index in [1.165, 1.54) is 5.56 Å². The van der Waals surface area contributed by atoms with Gasteiger partial charge in [-0.15, -0.1) is 13.2 Å². The lowest BCUT2D eigenvalue weighted by molar-refractivity contribution is 0.212. The Labute approximate surface area is 114 Å². The SMILES string of the molecule is C=CCN(CC=C)C(=O)N/C=C/c1cccc(C)c1. The molecule has 0 aliphatic rings. The summed E-state index contributed by atoms with van der Waals surface area (Å²) in [4.78, 5) is 13.5. The number of amides is 2. The van der Waals surface area contributed by atoms with Gasteiger partial charge in [-0.05, 0) is 18.6 Å². The zero-order chi connectivity index (χ0) is 14.1. The second kappa shape index (κ2) is 7.93. The summed E-state index contributed by atoms with van der Waals surface area (Å²) in [5, 5.41) is 2.73. The van der Waals surface area contributed by atoms with Gasteiger partial charge in [-0.3, -0.25) is 0 Å². The maximum Gasteiger partial charge on any atom is 0.321 e. The number of aryl methyl sites for hydroxylation is 1. The van der Waals surface area contributed by atoms with Gasteiger partial charge < -0.3 is 10.2 Å². The molecule has 0 aliphatic heterocycles. The fraction of sp³-hybridized carbons (Fsp3) is 0.188. The fourth-order valence-corrected chi connectivity index (χ4v) is 1.63. The Balaban J connectivity index is 2.56. The lowest BCUT2D eigenvalue weighted by Gasteiger charge is -2.18. The lowest BCUT2D eigenvalue weighted by Crippen LogP contribution is -2.37. The summed E-state index contributed by atoms with van der Waals surface area (Å²) >= 11 is 0. The molecule has 0 fully saturated rings. The minimum absolute atomic E-state index is 0.163. The van der Waals surface area contributed by atoms with Gasteiger partial charge in [-0.25, -0.2) is 4.79 Å². The highest BCUT2D eigenvalue weighted by Crippen LogP contribution is 2.05. The van der Waals surface area contributed by atoms with E-state index in [1.807, 2.05) is 37.3 Å². The average molecular weight is 256 g/mol. The van der Waals surface area contributed by atoms with Gasteiger partial charge in [0.2, 0.25) is 0 Å². The van der Waals surface area contributed by atoms with E-state index in [0.717, 1.165) is 5.56 Å². The van der Waals surface area contributed by atoms with Crippen LogP contribution in [0.15, 0.2) is 55.8 Å². The third-order valence-electron chi connectivity index (χ3n) is 2.51. The Bertz CT molecular complexity index is 467. The van der Waals surface area contributed by atoms with Gasteiger partial charge in [-0.1, -0.05) is 42.0 Å². The Morgan fingerprint density at radius 1 is 1.32 bits per heavy atom. The first-order valence-corrected chi connectivity index (χ1v) is 6.18. The number of nitrogens with zero attached hydrogens (tertiary/aromatic N) is 1. The first-order chi connectivity index (χ1) is 9.17. The van der Waals surface area contributed by atoms with E-state index in [2.05, 4.69) is 18.5 Å². The zero-order valence-corrected chi connectivity index (χ0v) is 11.3. The first-order valence-electron chi connectivity index (χ1n) is 6.18. The van der Waals surface area contributed by atoms with Crippen LogP contribution in [0, 0.1) is 6.92 Å². The minimum atomic E-state index is -0.163. The zero-order valence-electron chi connectivity index (χ0n) is 11.3. The molecule has 0 saturated heterocycles. The van der Waals surface area contributed by atoms with Crippen molar-refractivity contribution in [2.75, 3.05) is 13.1 Å². The number of carbonyl (C=O) groups excluding carboxylic acids is 1. The van der Waals surface area contributed by atoms with Crippen LogP contribution in [0.5, 0.6) is 0 Å². The number of benzene rings is 1. The highest BCUT2D eigenvalue weighted by molar-refractivity contribution is 5.76. The third-order valence-corrected chi connectivity index (χ3v) is 2.51. The molecule has 1 N–H and O–H groups in total. The molecule has 0 radical (unpaired) electrons. The maximum absolute atomic E-state index is 11.8. The number of carbonyl (C=O) groups is 1. The molecule has 0 aliphatic carbocycles. The number of nitrogens with one attached hydrogen (secondary N) is 1. The molecule has 1 aromatic carbocycles. The van der Waals surface area contributed by atoms with Crippen LogP contribution in [0.4, 0.5) is 4.79 Å². The van der Waals surface area contributed by atoms with Crippen molar-refractivity contribution in [3.63, 3.8) is 0 Å². The summed E-state index contributed by atoms with van der Waals surface area (Å²) in [5.74, 6) is 0. The highest BCUT2D eigenvalue weighted by atomic mass is 16.2. The summed E-state index contributed by atoms with van der Waals surface area (Å²) < 4.78 is 0. The fourth-order valence-electron chi connectivity index (χ4n) is 1.63. The van der Waals surface area contributed by atoms with Crippen LogP contribution < -0.4 is 5.32 Å². The molecule has 0 unspecified atom stereocenters. The van der Waals surface area contributed by atoms with E-state index in [1.54, 1.807) is 23.3 Å². The summed E-state index contributed by atoms with van der Waals surface area (Å²) in [6, 6.07) is 7.89. The molecule has 19 heavy (non-hydrogen) atoms. The molecule has 2 amide bonds. The molecule has 1 rings (SSSR count). The number of rotatable bonds is 6. The standard InChI is InChI=1S/C16H20N2O/c1-4-11-18(12-5-2)16(19)17-10-9-15-8-6-7-14(3)13-15/h4-10,13H,1-2,11-12H2,3H3,(H,17,19)/b10-9+. The topological polar surface area (TPSA) is 32.3 Å². The second-order valence-corrected chi connectivity index (χ2v) is 4.18. The molecule has 3 nitrogen and oxygen atoms in total. The molecule has 0 saturated carbocycles. The summed E-state index contributed by atoms with van der Waals surface area (Å²) in [6.45, 7) is 10.3. The van der Waals surface area contributed by atoms with Crippen molar-refractivity contribution in [1.29, 1.82) is 0 Å². The van der Waals surface area contributed by atoms with E-state index in [0.29, 0.717) is 13.1 Å². The van der Waals surface area contributed by atoms with Crippen LogP contribution in [-0.2, 0) is 0 Å². The number of hydrogen-bond donors (Lipinski definition) is 1. The van der Waals surface area contributed by atoms with Crippen molar-refractivity contribution < 1.29 is 4.79 Å². The number of hydrogen-bond acceptors (Lipinski definition) is 1. The molecular formula is C16H20N2O. The Hall–Kier alpha value is -2.29. The third kappa shape index (κ3) is 5.25. The molecule has 0 spiro atoms. The van der Waals surface area contributed by atoms with Crippen LogP contribution in [0.2, 0.25) is 0 Å². The lowest BCUT2D eigenvalue weighted by atomic mass is 10.1. The van der Waals surface area contributed by atoms with Gasteiger partial charge in [-0.2, -0.15) is 0 Å². The predicted octanol–water partition coefficient (Wildman–Crippen LogP) is 3.35.